The van der Waals surface area contributed by atoms with Crippen molar-refractivity contribution in [2.75, 3.05) is 12.4 Å². The topological polar surface area (TPSA) is 91.2 Å². The molecule has 144 valence electrons. The van der Waals surface area contributed by atoms with E-state index in [0.29, 0.717) is 34.2 Å². The number of nitrogens with one attached hydrogen (secondary N) is 1. The molecule has 4 rings (SSSR count). The van der Waals surface area contributed by atoms with Gasteiger partial charge in [-0.2, -0.15) is 0 Å². The quantitative estimate of drug-likeness (QED) is 0.542. The van der Waals surface area contributed by atoms with Crippen LogP contribution >= 0.6 is 0 Å². The standard InChI is InChI=1S/C21H17N5O3/c1-28-19-7-2-3-8-20(19)29-18-11-9-16(10-12-18)23-21(27)15-5-4-6-17(13-15)26-14-22-24-25-26/h2-14H,1H3,(H,23,27). The molecular weight excluding hydrogens is 370 g/mol. The van der Waals surface area contributed by atoms with Gasteiger partial charge < -0.3 is 14.8 Å². The average molecular weight is 387 g/mol. The Labute approximate surface area is 166 Å². The maximum absolute atomic E-state index is 12.6. The number of aromatic nitrogens is 4. The minimum Gasteiger partial charge on any atom is -0.493 e. The first-order valence-electron chi connectivity index (χ1n) is 8.78. The SMILES string of the molecule is COc1ccccc1Oc1ccc(NC(=O)c2cccc(-n3cnnn3)c2)cc1. The third-order valence-electron chi connectivity index (χ3n) is 4.13. The fraction of sp³-hybridized carbons (Fsp3) is 0.0476. The van der Waals surface area contributed by atoms with Gasteiger partial charge in [-0.15, -0.1) is 5.10 Å². The van der Waals surface area contributed by atoms with Crippen LogP contribution in [0.15, 0.2) is 79.1 Å². The molecule has 1 aromatic heterocycles. The maximum Gasteiger partial charge on any atom is 0.255 e. The molecule has 1 heterocycles. The third-order valence-corrected chi connectivity index (χ3v) is 4.13. The number of methoxy groups -OCH3 is 1. The highest BCUT2D eigenvalue weighted by Gasteiger charge is 2.09. The van der Waals surface area contributed by atoms with Gasteiger partial charge in [0.1, 0.15) is 12.1 Å². The van der Waals surface area contributed by atoms with Gasteiger partial charge >= 0.3 is 0 Å². The van der Waals surface area contributed by atoms with Crippen molar-refractivity contribution >= 4 is 11.6 Å². The fourth-order valence-electron chi connectivity index (χ4n) is 2.71. The van der Waals surface area contributed by atoms with Crippen molar-refractivity contribution in [3.63, 3.8) is 0 Å². The number of hydrogen-bond donors (Lipinski definition) is 1. The zero-order valence-electron chi connectivity index (χ0n) is 15.5. The Morgan fingerprint density at radius 1 is 0.966 bits per heavy atom. The van der Waals surface area contributed by atoms with Crippen molar-refractivity contribution in [1.29, 1.82) is 0 Å². The minimum absolute atomic E-state index is 0.238. The largest absolute Gasteiger partial charge is 0.493 e. The number of rotatable bonds is 6. The van der Waals surface area contributed by atoms with E-state index in [-0.39, 0.29) is 5.91 Å². The molecule has 0 unspecified atom stereocenters. The van der Waals surface area contributed by atoms with Gasteiger partial charge in [0.2, 0.25) is 0 Å². The lowest BCUT2D eigenvalue weighted by Gasteiger charge is -2.11. The van der Waals surface area contributed by atoms with Crippen molar-refractivity contribution < 1.29 is 14.3 Å². The van der Waals surface area contributed by atoms with Crippen LogP contribution in [0.25, 0.3) is 5.69 Å². The highest BCUT2D eigenvalue weighted by Crippen LogP contribution is 2.31. The summed E-state index contributed by atoms with van der Waals surface area (Å²) in [7, 11) is 1.59. The molecule has 0 aliphatic carbocycles. The van der Waals surface area contributed by atoms with E-state index in [1.54, 1.807) is 49.6 Å². The van der Waals surface area contributed by atoms with Crippen molar-refractivity contribution in [2.45, 2.75) is 0 Å². The minimum atomic E-state index is -0.238. The lowest BCUT2D eigenvalue weighted by molar-refractivity contribution is 0.102. The summed E-state index contributed by atoms with van der Waals surface area (Å²) in [5.41, 5.74) is 1.84. The van der Waals surface area contributed by atoms with Crippen molar-refractivity contribution in [2.24, 2.45) is 0 Å². The zero-order valence-corrected chi connectivity index (χ0v) is 15.5. The Morgan fingerprint density at radius 2 is 1.76 bits per heavy atom. The summed E-state index contributed by atoms with van der Waals surface area (Å²) >= 11 is 0. The van der Waals surface area contributed by atoms with Gasteiger partial charge in [0, 0.05) is 11.3 Å². The first kappa shape index (κ1) is 18.2. The van der Waals surface area contributed by atoms with E-state index in [0.717, 1.165) is 0 Å². The number of carbonyl (C=O) groups is 1. The Bertz CT molecular complexity index is 1110. The van der Waals surface area contributed by atoms with Crippen LogP contribution in [0.1, 0.15) is 10.4 Å². The third kappa shape index (κ3) is 4.22. The number of hydrogen-bond acceptors (Lipinski definition) is 6. The van der Waals surface area contributed by atoms with Crippen LogP contribution in [0.5, 0.6) is 17.2 Å². The molecule has 0 bridgehead atoms. The fourth-order valence-corrected chi connectivity index (χ4v) is 2.71. The molecular formula is C21H17N5O3. The van der Waals surface area contributed by atoms with E-state index in [1.165, 1.54) is 11.0 Å². The molecule has 4 aromatic rings. The maximum atomic E-state index is 12.6. The Kier molecular flexibility index (Phi) is 5.15. The zero-order chi connectivity index (χ0) is 20.1. The number of carbonyl (C=O) groups excluding carboxylic acids is 1. The molecule has 0 aliphatic heterocycles. The highest BCUT2D eigenvalue weighted by atomic mass is 16.5. The van der Waals surface area contributed by atoms with Gasteiger partial charge in [-0.3, -0.25) is 4.79 Å². The van der Waals surface area contributed by atoms with Crippen LogP contribution in [0.3, 0.4) is 0 Å². The van der Waals surface area contributed by atoms with Gasteiger partial charge in [0.25, 0.3) is 5.91 Å². The second-order valence-corrected chi connectivity index (χ2v) is 6.04. The molecule has 0 aliphatic rings. The molecule has 1 N–H and O–H groups in total. The first-order valence-corrected chi connectivity index (χ1v) is 8.78. The molecule has 29 heavy (non-hydrogen) atoms. The average Bonchev–Trinajstić information content (AvgIpc) is 3.31. The molecule has 0 atom stereocenters. The molecule has 0 radical (unpaired) electrons. The van der Waals surface area contributed by atoms with E-state index >= 15 is 0 Å². The lowest BCUT2D eigenvalue weighted by atomic mass is 10.2. The monoisotopic (exact) mass is 387 g/mol. The van der Waals surface area contributed by atoms with E-state index in [9.17, 15) is 4.79 Å². The van der Waals surface area contributed by atoms with Crippen LogP contribution < -0.4 is 14.8 Å². The molecule has 8 heteroatoms. The van der Waals surface area contributed by atoms with Crippen molar-refractivity contribution in [3.05, 3.63) is 84.7 Å². The van der Waals surface area contributed by atoms with Gasteiger partial charge in [0.15, 0.2) is 11.5 Å². The van der Waals surface area contributed by atoms with Crippen LogP contribution in [-0.4, -0.2) is 33.2 Å². The molecule has 8 nitrogen and oxygen atoms in total. The van der Waals surface area contributed by atoms with Crippen molar-refractivity contribution in [1.82, 2.24) is 20.2 Å². The predicted molar refractivity (Wildman–Crippen MR) is 107 cm³/mol. The number of anilines is 1. The summed E-state index contributed by atoms with van der Waals surface area (Å²) in [6.45, 7) is 0. The van der Waals surface area contributed by atoms with E-state index in [1.807, 2.05) is 30.3 Å². The van der Waals surface area contributed by atoms with Crippen molar-refractivity contribution in [3.8, 4) is 22.9 Å². The number of amides is 1. The Balaban J connectivity index is 1.45. The lowest BCUT2D eigenvalue weighted by Crippen LogP contribution is -2.12. The summed E-state index contributed by atoms with van der Waals surface area (Å²) in [6, 6.07) is 21.5. The summed E-state index contributed by atoms with van der Waals surface area (Å²) in [5, 5.41) is 13.9. The van der Waals surface area contributed by atoms with Crippen LogP contribution in [0, 0.1) is 0 Å². The molecule has 0 saturated carbocycles. The first-order chi connectivity index (χ1) is 14.2. The number of benzene rings is 3. The molecule has 3 aromatic carbocycles. The number of nitrogens with zero attached hydrogens (tertiary/aromatic N) is 4. The summed E-state index contributed by atoms with van der Waals surface area (Å²) in [4.78, 5) is 12.6. The molecule has 0 spiro atoms. The second kappa shape index (κ2) is 8.22. The smallest absolute Gasteiger partial charge is 0.255 e. The van der Waals surface area contributed by atoms with Gasteiger partial charge in [-0.1, -0.05) is 18.2 Å². The number of ether oxygens (including phenoxy) is 2. The molecule has 1 amide bonds. The normalized spacial score (nSPS) is 10.4. The van der Waals surface area contributed by atoms with E-state index < -0.39 is 0 Å². The summed E-state index contributed by atoms with van der Waals surface area (Å²) in [5.74, 6) is 1.66. The molecule has 0 saturated heterocycles. The van der Waals surface area contributed by atoms with E-state index in [4.69, 9.17) is 9.47 Å². The van der Waals surface area contributed by atoms with Gasteiger partial charge in [-0.05, 0) is 65.0 Å². The molecule has 0 fully saturated rings. The summed E-state index contributed by atoms with van der Waals surface area (Å²) in [6.07, 6.45) is 1.47. The van der Waals surface area contributed by atoms with Crippen LogP contribution in [0.4, 0.5) is 5.69 Å². The second-order valence-electron chi connectivity index (χ2n) is 6.04. The predicted octanol–water partition coefficient (Wildman–Crippen LogP) is 3.72. The van der Waals surface area contributed by atoms with Gasteiger partial charge in [-0.25, -0.2) is 4.68 Å². The van der Waals surface area contributed by atoms with Crippen LogP contribution in [0.2, 0.25) is 0 Å². The highest BCUT2D eigenvalue weighted by molar-refractivity contribution is 6.04. The Hall–Kier alpha value is -4.20. The van der Waals surface area contributed by atoms with Gasteiger partial charge in [0.05, 0.1) is 12.8 Å². The Morgan fingerprint density at radius 3 is 2.48 bits per heavy atom. The number of para-hydroxylation sites is 2. The van der Waals surface area contributed by atoms with E-state index in [2.05, 4.69) is 20.8 Å². The number of tetrazole rings is 1. The summed E-state index contributed by atoms with van der Waals surface area (Å²) < 4.78 is 12.6. The van der Waals surface area contributed by atoms with Crippen LogP contribution in [-0.2, 0) is 0 Å².